The third-order valence-corrected chi connectivity index (χ3v) is 4.01. The van der Waals surface area contributed by atoms with Gasteiger partial charge in [-0.05, 0) is 19.1 Å². The second kappa shape index (κ2) is 9.21. The molecule has 0 radical (unpaired) electrons. The van der Waals surface area contributed by atoms with Crippen LogP contribution in [0.1, 0.15) is 32.2 Å². The van der Waals surface area contributed by atoms with Crippen molar-refractivity contribution in [3.63, 3.8) is 0 Å². The van der Waals surface area contributed by atoms with Crippen molar-refractivity contribution in [2.45, 2.75) is 39.5 Å². The quantitative estimate of drug-likeness (QED) is 0.707. The molecule has 0 saturated carbocycles. The summed E-state index contributed by atoms with van der Waals surface area (Å²) in [7, 11) is 1.37. The molecule has 2 heterocycles. The first-order valence-corrected chi connectivity index (χ1v) is 8.85. The number of alkyl halides is 3. The maximum absolute atomic E-state index is 14.6. The minimum Gasteiger partial charge on any atom is -0.491 e. The van der Waals surface area contributed by atoms with Crippen molar-refractivity contribution < 1.29 is 36.4 Å². The number of amides is 1. The van der Waals surface area contributed by atoms with E-state index >= 15 is 0 Å². The van der Waals surface area contributed by atoms with E-state index in [1.807, 2.05) is 13.8 Å². The highest BCUT2D eigenvalue weighted by molar-refractivity contribution is 5.78. The molecule has 1 aromatic heterocycles. The largest absolute Gasteiger partial charge is 0.491 e. The summed E-state index contributed by atoms with van der Waals surface area (Å²) >= 11 is 0. The number of hydrogen-bond donors (Lipinski definition) is 0. The summed E-state index contributed by atoms with van der Waals surface area (Å²) in [5.74, 6) is -2.94. The summed E-state index contributed by atoms with van der Waals surface area (Å²) in [4.78, 5) is 16.8. The van der Waals surface area contributed by atoms with Crippen LogP contribution in [0.2, 0.25) is 0 Å². The molecule has 1 unspecified atom stereocenters. The van der Waals surface area contributed by atoms with Gasteiger partial charge in [0.1, 0.15) is 24.8 Å². The fraction of sp³-hybridized carbons (Fsp3) is 0.500. The second-order valence-electron chi connectivity index (χ2n) is 5.97. The van der Waals surface area contributed by atoms with E-state index in [1.165, 1.54) is 18.1 Å². The van der Waals surface area contributed by atoms with Gasteiger partial charge >= 0.3 is 12.1 Å². The maximum atomic E-state index is 14.6. The highest BCUT2D eigenvalue weighted by atomic mass is 19.4. The van der Waals surface area contributed by atoms with Crippen LogP contribution in [0.25, 0.3) is 11.4 Å². The Morgan fingerprint density at radius 3 is 2.62 bits per heavy atom. The predicted molar refractivity (Wildman–Crippen MR) is 93.4 cm³/mol. The van der Waals surface area contributed by atoms with Crippen molar-refractivity contribution in [2.24, 2.45) is 0 Å². The first kappa shape index (κ1) is 22.6. The Hall–Kier alpha value is -2.69. The van der Waals surface area contributed by atoms with E-state index in [-0.39, 0.29) is 48.6 Å². The van der Waals surface area contributed by atoms with E-state index in [4.69, 9.17) is 9.47 Å². The van der Waals surface area contributed by atoms with E-state index in [0.717, 1.165) is 6.07 Å². The normalized spacial score (nSPS) is 16.3. The van der Waals surface area contributed by atoms with Crippen LogP contribution in [0.3, 0.4) is 0 Å². The number of nitrogens with zero attached hydrogens (tertiary/aromatic N) is 3. The molecule has 1 aliphatic rings. The molecule has 1 atom stereocenters. The minimum absolute atomic E-state index is 0.0326. The van der Waals surface area contributed by atoms with E-state index in [1.54, 1.807) is 6.92 Å². The van der Waals surface area contributed by atoms with Crippen molar-refractivity contribution in [3.05, 3.63) is 29.4 Å². The molecule has 11 heteroatoms. The number of halogens is 4. The fourth-order valence-corrected chi connectivity index (χ4v) is 2.65. The molecule has 7 nitrogen and oxygen atoms in total. The molecule has 0 N–H and O–H groups in total. The summed E-state index contributed by atoms with van der Waals surface area (Å²) in [6.07, 6.45) is -4.80. The number of rotatable bonds is 3. The zero-order valence-corrected chi connectivity index (χ0v) is 16.3. The summed E-state index contributed by atoms with van der Waals surface area (Å²) in [5, 5.41) is 3.24. The first-order valence-electron chi connectivity index (χ1n) is 8.85. The molecule has 0 bridgehead atoms. The van der Waals surface area contributed by atoms with Crippen LogP contribution >= 0.6 is 0 Å². The lowest BCUT2D eigenvalue weighted by molar-refractivity contribution is -0.159. The molecule has 29 heavy (non-hydrogen) atoms. The molecule has 3 rings (SSSR count). The predicted octanol–water partition coefficient (Wildman–Crippen LogP) is 3.68. The number of ether oxygens (including phenoxy) is 2. The second-order valence-corrected chi connectivity index (χ2v) is 5.97. The molecule has 0 aliphatic carbocycles. The van der Waals surface area contributed by atoms with E-state index in [9.17, 15) is 22.4 Å². The van der Waals surface area contributed by atoms with Gasteiger partial charge < -0.3 is 18.9 Å². The third kappa shape index (κ3) is 5.03. The Morgan fingerprint density at radius 2 is 2.03 bits per heavy atom. The molecule has 0 spiro atoms. The zero-order chi connectivity index (χ0) is 21.8. The van der Waals surface area contributed by atoms with Gasteiger partial charge in [0.25, 0.3) is 0 Å². The van der Waals surface area contributed by atoms with Crippen LogP contribution in [0, 0.1) is 5.82 Å². The molecular weight excluding hydrogens is 398 g/mol. The van der Waals surface area contributed by atoms with Crippen LogP contribution in [-0.2, 0) is 22.3 Å². The van der Waals surface area contributed by atoms with Crippen molar-refractivity contribution >= 4 is 5.91 Å². The topological polar surface area (TPSA) is 77.7 Å². The van der Waals surface area contributed by atoms with Gasteiger partial charge in [-0.15, -0.1) is 0 Å². The highest BCUT2D eigenvalue weighted by Crippen LogP contribution is 2.34. The molecular formula is C18H21F4N3O4. The Kier molecular flexibility index (Phi) is 7.17. The number of carbonyl (C=O) groups excluding carboxylic acids is 1. The lowest BCUT2D eigenvalue weighted by atomic mass is 10.1. The lowest BCUT2D eigenvalue weighted by Crippen LogP contribution is -2.41. The molecule has 160 valence electrons. The Bertz CT molecular complexity index is 854. The Morgan fingerprint density at radius 1 is 1.34 bits per heavy atom. The monoisotopic (exact) mass is 419 g/mol. The van der Waals surface area contributed by atoms with E-state index < -0.39 is 23.7 Å². The lowest BCUT2D eigenvalue weighted by Gasteiger charge is -2.26. The number of carbonyl (C=O) groups is 1. The molecule has 1 aliphatic heterocycles. The molecule has 0 saturated heterocycles. The smallest absolute Gasteiger partial charge is 0.471 e. The van der Waals surface area contributed by atoms with Gasteiger partial charge in [0.05, 0.1) is 12.6 Å². The standard InChI is InChI=1S/C16H15F4N3O4.C2H6/c1-8-6-26-12-4-9(14-21-15(27-22-14)16(18,19)20)3-11(17)10(12)5-23(8)13(24)7-25-2;1-2/h3-4,8H,5-7H2,1-2H3;1-2H3. The average molecular weight is 419 g/mol. The molecule has 0 fully saturated rings. The van der Waals surface area contributed by atoms with Gasteiger partial charge in [0, 0.05) is 18.2 Å². The van der Waals surface area contributed by atoms with E-state index in [0.29, 0.717) is 0 Å². The number of methoxy groups -OCH3 is 1. The SMILES string of the molecule is CC.COCC(=O)N1Cc2c(F)cc(-c3noc(C(F)(F)F)n3)cc2OCC1C. The summed E-state index contributed by atoms with van der Waals surface area (Å²) in [5.41, 5.74) is 0.0712. The van der Waals surface area contributed by atoms with Crippen molar-refractivity contribution in [1.82, 2.24) is 15.0 Å². The van der Waals surface area contributed by atoms with Crippen LogP contribution in [0.5, 0.6) is 5.75 Å². The highest BCUT2D eigenvalue weighted by Gasteiger charge is 2.38. The van der Waals surface area contributed by atoms with Crippen LogP contribution in [0.15, 0.2) is 16.7 Å². The zero-order valence-electron chi connectivity index (χ0n) is 16.3. The molecule has 2 aromatic rings. The van der Waals surface area contributed by atoms with Crippen LogP contribution in [-0.4, -0.2) is 47.3 Å². The number of hydrogen-bond acceptors (Lipinski definition) is 6. The maximum Gasteiger partial charge on any atom is 0.471 e. The van der Waals surface area contributed by atoms with Crippen LogP contribution in [0.4, 0.5) is 17.6 Å². The minimum atomic E-state index is -4.80. The number of aromatic nitrogens is 2. The number of fused-ring (bicyclic) bond motifs is 1. The van der Waals surface area contributed by atoms with Crippen molar-refractivity contribution in [3.8, 4) is 17.1 Å². The van der Waals surface area contributed by atoms with Gasteiger partial charge in [0.15, 0.2) is 0 Å². The van der Waals surface area contributed by atoms with Gasteiger partial charge in [-0.1, -0.05) is 19.0 Å². The van der Waals surface area contributed by atoms with Crippen LogP contribution < -0.4 is 4.74 Å². The summed E-state index contributed by atoms with van der Waals surface area (Å²) in [6, 6.07) is 1.94. The Labute approximate surface area is 164 Å². The van der Waals surface area contributed by atoms with Crippen molar-refractivity contribution in [1.29, 1.82) is 0 Å². The summed E-state index contributed by atoms with van der Waals surface area (Å²) < 4.78 is 67.0. The molecule has 1 amide bonds. The third-order valence-electron chi connectivity index (χ3n) is 4.01. The number of benzene rings is 1. The fourth-order valence-electron chi connectivity index (χ4n) is 2.65. The van der Waals surface area contributed by atoms with Gasteiger partial charge in [-0.3, -0.25) is 4.79 Å². The first-order chi connectivity index (χ1) is 13.7. The average Bonchev–Trinajstić information content (AvgIpc) is 3.11. The van der Waals surface area contributed by atoms with Crippen molar-refractivity contribution in [2.75, 3.05) is 20.3 Å². The van der Waals surface area contributed by atoms with Gasteiger partial charge in [-0.2, -0.15) is 18.2 Å². The Balaban J connectivity index is 0.00000145. The van der Waals surface area contributed by atoms with Gasteiger partial charge in [0.2, 0.25) is 11.7 Å². The summed E-state index contributed by atoms with van der Waals surface area (Å²) in [6.45, 7) is 5.58. The van der Waals surface area contributed by atoms with E-state index in [2.05, 4.69) is 14.7 Å². The molecule has 1 aromatic carbocycles. The van der Waals surface area contributed by atoms with Gasteiger partial charge in [-0.25, -0.2) is 4.39 Å².